The smallest absolute Gasteiger partial charge is 0.166 e. The fourth-order valence-electron chi connectivity index (χ4n) is 1.97. The molecule has 0 aromatic heterocycles. The number of para-hydroxylation sites is 1. The number of aliphatic hydroxyl groups excluding tert-OH is 2. The van der Waals surface area contributed by atoms with Crippen LogP contribution in [0.3, 0.4) is 0 Å². The molecule has 4 nitrogen and oxygen atoms in total. The van der Waals surface area contributed by atoms with Gasteiger partial charge in [0.2, 0.25) is 0 Å². The van der Waals surface area contributed by atoms with E-state index in [4.69, 9.17) is 9.22 Å². The van der Waals surface area contributed by atoms with Crippen molar-refractivity contribution < 1.29 is 19.4 Å². The molecule has 0 heterocycles. The second-order valence-electron chi connectivity index (χ2n) is 4.75. The third-order valence-electron chi connectivity index (χ3n) is 3.38. The molecule has 1 aromatic carbocycles. The highest BCUT2D eigenvalue weighted by Crippen LogP contribution is 2.36. The Kier molecular flexibility index (Phi) is 4.87. The molecule has 0 bridgehead atoms. The maximum absolute atomic E-state index is 9.99. The zero-order valence-corrected chi connectivity index (χ0v) is 11.7. The first-order chi connectivity index (χ1) is 9.09. The number of hydrogen-bond donors (Lipinski definition) is 2. The van der Waals surface area contributed by atoms with Gasteiger partial charge in [-0.1, -0.05) is 32.0 Å². The molecular weight excluding hydrogens is 264 g/mol. The molecule has 1 aliphatic carbocycles. The number of rotatable bonds is 4. The molecule has 104 valence electrons. The first kappa shape index (κ1) is 14.4. The van der Waals surface area contributed by atoms with Crippen molar-refractivity contribution in [3.63, 3.8) is 0 Å². The molecule has 0 aliphatic heterocycles. The summed E-state index contributed by atoms with van der Waals surface area (Å²) in [6.45, 7) is 3.73. The Morgan fingerprint density at radius 2 is 1.79 bits per heavy atom. The summed E-state index contributed by atoms with van der Waals surface area (Å²) in [7, 11) is 0. The van der Waals surface area contributed by atoms with Crippen LogP contribution >= 0.6 is 12.0 Å². The monoisotopic (exact) mass is 282 g/mol. The van der Waals surface area contributed by atoms with Crippen LogP contribution in [-0.2, 0) is 4.33 Å². The second kappa shape index (κ2) is 6.43. The van der Waals surface area contributed by atoms with Crippen LogP contribution in [0.4, 0.5) is 0 Å². The lowest BCUT2D eigenvalue weighted by Crippen LogP contribution is -2.37. The van der Waals surface area contributed by atoms with Crippen molar-refractivity contribution in [2.45, 2.75) is 26.1 Å². The molecule has 2 N–H and O–H groups in total. The van der Waals surface area contributed by atoms with E-state index in [1.54, 1.807) is 18.2 Å². The second-order valence-corrected chi connectivity index (χ2v) is 5.52. The van der Waals surface area contributed by atoms with E-state index in [2.05, 4.69) is 0 Å². The van der Waals surface area contributed by atoms with Crippen molar-refractivity contribution in [2.75, 3.05) is 0 Å². The van der Waals surface area contributed by atoms with E-state index in [1.807, 2.05) is 32.0 Å². The molecule has 4 atom stereocenters. The molecule has 0 saturated carbocycles. The van der Waals surface area contributed by atoms with Gasteiger partial charge in [0, 0.05) is 16.7 Å². The highest BCUT2D eigenvalue weighted by molar-refractivity contribution is 7.98. The van der Waals surface area contributed by atoms with Crippen LogP contribution in [0.25, 0.3) is 0 Å². The average Bonchev–Trinajstić information content (AvgIpc) is 2.43. The summed E-state index contributed by atoms with van der Waals surface area (Å²) in [6.07, 6.45) is 0.470. The lowest BCUT2D eigenvalue weighted by Gasteiger charge is -2.33. The van der Waals surface area contributed by atoms with Gasteiger partial charge in [0.1, 0.15) is 0 Å². The summed E-state index contributed by atoms with van der Waals surface area (Å²) in [5.74, 6) is 0.352. The summed E-state index contributed by atoms with van der Waals surface area (Å²) >= 11 is 1.03. The Hall–Kier alpha value is -1.01. The maximum atomic E-state index is 9.99. The summed E-state index contributed by atoms with van der Waals surface area (Å²) in [5, 5.41) is 19.8. The van der Waals surface area contributed by atoms with E-state index < -0.39 is 12.2 Å². The summed E-state index contributed by atoms with van der Waals surface area (Å²) in [6, 6.07) is 9.15. The van der Waals surface area contributed by atoms with Gasteiger partial charge in [-0.15, -0.1) is 4.33 Å². The number of hydrogen-bond acceptors (Lipinski definition) is 5. The molecule has 5 heteroatoms. The third-order valence-corrected chi connectivity index (χ3v) is 4.21. The van der Waals surface area contributed by atoms with Crippen molar-refractivity contribution >= 4 is 12.0 Å². The van der Waals surface area contributed by atoms with Gasteiger partial charge in [-0.25, -0.2) is 0 Å². The van der Waals surface area contributed by atoms with E-state index >= 15 is 0 Å². The van der Waals surface area contributed by atoms with Gasteiger partial charge in [0.25, 0.3) is 0 Å². The minimum Gasteiger partial charge on any atom is -0.392 e. The van der Waals surface area contributed by atoms with Gasteiger partial charge in [-0.05, 0) is 18.2 Å². The molecule has 0 amide bonds. The summed E-state index contributed by atoms with van der Waals surface area (Å²) in [4.78, 5) is 5.89. The highest BCUT2D eigenvalue weighted by Gasteiger charge is 2.34. The van der Waals surface area contributed by atoms with Gasteiger partial charge in [-0.2, -0.15) is 0 Å². The normalized spacial score (nSPS) is 30.8. The van der Waals surface area contributed by atoms with Gasteiger partial charge in [-0.3, -0.25) is 0 Å². The van der Waals surface area contributed by atoms with Crippen LogP contribution in [0.2, 0.25) is 0 Å². The molecule has 1 aromatic rings. The topological polar surface area (TPSA) is 58.9 Å². The van der Waals surface area contributed by atoms with Gasteiger partial charge < -0.3 is 15.1 Å². The van der Waals surface area contributed by atoms with Crippen molar-refractivity contribution in [3.05, 3.63) is 41.3 Å². The molecule has 0 unspecified atom stereocenters. The quantitative estimate of drug-likeness (QED) is 0.505. The minimum atomic E-state index is -0.658. The first-order valence-corrected chi connectivity index (χ1v) is 6.98. The van der Waals surface area contributed by atoms with Crippen molar-refractivity contribution in [1.29, 1.82) is 0 Å². The third kappa shape index (κ3) is 3.51. The van der Waals surface area contributed by atoms with Crippen molar-refractivity contribution in [3.8, 4) is 5.75 Å². The molecule has 19 heavy (non-hydrogen) atoms. The summed E-state index contributed by atoms with van der Waals surface area (Å²) < 4.78 is 5.09. The fourth-order valence-corrected chi connectivity index (χ4v) is 2.65. The van der Waals surface area contributed by atoms with Crippen molar-refractivity contribution in [1.82, 2.24) is 0 Å². The number of benzene rings is 1. The molecule has 0 saturated heterocycles. The lowest BCUT2D eigenvalue weighted by atomic mass is 9.84. The van der Waals surface area contributed by atoms with E-state index in [0.717, 1.165) is 16.9 Å². The van der Waals surface area contributed by atoms with Crippen LogP contribution in [0, 0.1) is 11.8 Å². The Morgan fingerprint density at radius 3 is 2.47 bits per heavy atom. The molecule has 0 spiro atoms. The zero-order valence-electron chi connectivity index (χ0n) is 10.9. The van der Waals surface area contributed by atoms with Crippen molar-refractivity contribution in [2.24, 2.45) is 11.8 Å². The highest BCUT2D eigenvalue weighted by atomic mass is 32.2. The summed E-state index contributed by atoms with van der Waals surface area (Å²) in [5.41, 5.74) is 0. The van der Waals surface area contributed by atoms with Gasteiger partial charge in [0.05, 0.1) is 24.3 Å². The predicted molar refractivity (Wildman–Crippen MR) is 74.2 cm³/mol. The average molecular weight is 282 g/mol. The molecule has 0 radical (unpaired) electrons. The van der Waals surface area contributed by atoms with Crippen LogP contribution in [-0.4, -0.2) is 22.4 Å². The van der Waals surface area contributed by atoms with Crippen LogP contribution in [0.1, 0.15) is 13.8 Å². The number of aliphatic hydroxyl groups is 2. The molecular formula is C14H18O4S. The van der Waals surface area contributed by atoms with E-state index in [1.165, 1.54) is 0 Å². The molecule has 0 fully saturated rings. The van der Waals surface area contributed by atoms with E-state index in [9.17, 15) is 10.2 Å². The van der Waals surface area contributed by atoms with Gasteiger partial charge >= 0.3 is 0 Å². The van der Waals surface area contributed by atoms with Crippen LogP contribution in [0.15, 0.2) is 41.3 Å². The Bertz CT molecular complexity index is 434. The SMILES string of the molecule is C[C@@H]1[C@H](O)[C@@H](C)C(SOOc2ccccc2)=C[C@H]1O. The lowest BCUT2D eigenvalue weighted by molar-refractivity contribution is -0.0777. The fraction of sp³-hybridized carbons (Fsp3) is 0.429. The molecule has 2 rings (SSSR count). The first-order valence-electron chi connectivity index (χ1n) is 6.23. The predicted octanol–water partition coefficient (Wildman–Crippen LogP) is 2.54. The largest absolute Gasteiger partial charge is 0.392 e. The molecule has 1 aliphatic rings. The Labute approximate surface area is 117 Å². The Balaban J connectivity index is 1.90. The maximum Gasteiger partial charge on any atom is 0.166 e. The minimum absolute atomic E-state index is 0.0808. The standard InChI is InChI=1S/C14H18O4S/c1-9-12(15)8-13(10(2)14(9)16)19-18-17-11-6-4-3-5-7-11/h3-10,12,14-16H,1-2H3/t9-,10-,12+,14-/m0/s1. The Morgan fingerprint density at radius 1 is 1.11 bits per heavy atom. The zero-order chi connectivity index (χ0) is 13.8. The van der Waals surface area contributed by atoms with E-state index in [-0.39, 0.29) is 11.8 Å². The van der Waals surface area contributed by atoms with Crippen LogP contribution < -0.4 is 4.89 Å². The van der Waals surface area contributed by atoms with Gasteiger partial charge in [0.15, 0.2) is 5.75 Å². The van der Waals surface area contributed by atoms with Crippen LogP contribution in [0.5, 0.6) is 5.75 Å². The van der Waals surface area contributed by atoms with E-state index in [0.29, 0.717) is 5.75 Å².